The molecule has 0 radical (unpaired) electrons. The van der Waals surface area contributed by atoms with Crippen LogP contribution in [0.3, 0.4) is 0 Å². The molecule has 112 valence electrons. The summed E-state index contributed by atoms with van der Waals surface area (Å²) in [5, 5.41) is 1.70. The molecule has 20 heavy (non-hydrogen) atoms. The van der Waals surface area contributed by atoms with E-state index in [-0.39, 0.29) is 10.1 Å². The molecule has 0 spiro atoms. The first-order valence-corrected chi connectivity index (χ1v) is 9.21. The van der Waals surface area contributed by atoms with Gasteiger partial charge in [-0.25, -0.2) is 8.42 Å². The number of amides is 1. The summed E-state index contributed by atoms with van der Waals surface area (Å²) in [6.07, 6.45) is 4.27. The third-order valence-electron chi connectivity index (χ3n) is 3.38. The summed E-state index contributed by atoms with van der Waals surface area (Å²) < 4.78 is 26.9. The first kappa shape index (κ1) is 15.5. The van der Waals surface area contributed by atoms with E-state index in [4.69, 9.17) is 0 Å². The van der Waals surface area contributed by atoms with Crippen LogP contribution in [0.1, 0.15) is 32.6 Å². The highest BCUT2D eigenvalue weighted by molar-refractivity contribution is 7.91. The third-order valence-corrected chi connectivity index (χ3v) is 6.32. The number of thiophene rings is 1. The van der Waals surface area contributed by atoms with Gasteiger partial charge in [-0.15, -0.1) is 11.3 Å². The molecule has 2 rings (SSSR count). The van der Waals surface area contributed by atoms with E-state index in [1.54, 1.807) is 23.3 Å². The lowest BCUT2D eigenvalue weighted by molar-refractivity contribution is -0.132. The fourth-order valence-corrected chi connectivity index (χ4v) is 4.53. The zero-order valence-electron chi connectivity index (χ0n) is 11.5. The van der Waals surface area contributed by atoms with Gasteiger partial charge in [0.15, 0.2) is 0 Å². The Morgan fingerprint density at radius 2 is 1.95 bits per heavy atom. The van der Waals surface area contributed by atoms with Gasteiger partial charge in [-0.1, -0.05) is 18.9 Å². The molecule has 7 heteroatoms. The second kappa shape index (κ2) is 6.69. The number of hydrogen-bond donors (Lipinski definition) is 1. The van der Waals surface area contributed by atoms with E-state index in [2.05, 4.69) is 4.72 Å². The van der Waals surface area contributed by atoms with Crippen molar-refractivity contribution in [2.24, 2.45) is 0 Å². The molecule has 1 atom stereocenters. The lowest BCUT2D eigenvalue weighted by Crippen LogP contribution is -2.47. The van der Waals surface area contributed by atoms with Crippen LogP contribution in [0.5, 0.6) is 0 Å². The van der Waals surface area contributed by atoms with Crippen molar-refractivity contribution in [1.82, 2.24) is 9.62 Å². The molecule has 0 bridgehead atoms. The lowest BCUT2D eigenvalue weighted by atomic mass is 10.2. The van der Waals surface area contributed by atoms with Crippen LogP contribution in [-0.2, 0) is 14.8 Å². The first-order valence-electron chi connectivity index (χ1n) is 6.85. The summed E-state index contributed by atoms with van der Waals surface area (Å²) in [6.45, 7) is 3.06. The maximum absolute atomic E-state index is 12.3. The number of carbonyl (C=O) groups excluding carboxylic acids is 1. The van der Waals surface area contributed by atoms with E-state index < -0.39 is 16.1 Å². The number of carbonyl (C=O) groups is 1. The molecule has 1 aliphatic rings. The van der Waals surface area contributed by atoms with Crippen LogP contribution in [0.4, 0.5) is 0 Å². The van der Waals surface area contributed by atoms with Gasteiger partial charge in [0.2, 0.25) is 5.91 Å². The summed E-state index contributed by atoms with van der Waals surface area (Å²) >= 11 is 1.15. The second-order valence-corrected chi connectivity index (χ2v) is 7.90. The largest absolute Gasteiger partial charge is 0.341 e. The van der Waals surface area contributed by atoms with Gasteiger partial charge in [0, 0.05) is 13.1 Å². The summed E-state index contributed by atoms with van der Waals surface area (Å²) in [4.78, 5) is 14.1. The number of rotatable bonds is 4. The second-order valence-electron chi connectivity index (χ2n) is 5.01. The van der Waals surface area contributed by atoms with Crippen molar-refractivity contribution < 1.29 is 13.2 Å². The zero-order valence-corrected chi connectivity index (χ0v) is 13.2. The predicted octanol–water partition coefficient (Wildman–Crippen LogP) is 1.82. The lowest BCUT2D eigenvalue weighted by Gasteiger charge is -2.24. The standard InChI is InChI=1S/C13H20N2O3S2/c1-11(13(16)15-8-4-2-3-5-9-15)14-20(17,18)12-7-6-10-19-12/h6-7,10-11,14H,2-5,8-9H2,1H3. The molecule has 0 saturated carbocycles. The Bertz CT molecular complexity index is 532. The van der Waals surface area contributed by atoms with Gasteiger partial charge < -0.3 is 4.90 Å². The molecule has 1 aliphatic heterocycles. The van der Waals surface area contributed by atoms with E-state index in [1.807, 2.05) is 0 Å². The van der Waals surface area contributed by atoms with Crippen molar-refractivity contribution in [3.8, 4) is 0 Å². The number of nitrogens with zero attached hydrogens (tertiary/aromatic N) is 1. The fraction of sp³-hybridized carbons (Fsp3) is 0.615. The first-order chi connectivity index (χ1) is 9.50. The number of nitrogens with one attached hydrogen (secondary N) is 1. The fourth-order valence-electron chi connectivity index (χ4n) is 2.32. The SMILES string of the molecule is CC(NS(=O)(=O)c1cccs1)C(=O)N1CCCCCC1. The van der Waals surface area contributed by atoms with E-state index in [9.17, 15) is 13.2 Å². The van der Waals surface area contributed by atoms with E-state index in [0.29, 0.717) is 0 Å². The third kappa shape index (κ3) is 3.80. The predicted molar refractivity (Wildman–Crippen MR) is 79.2 cm³/mol. The van der Waals surface area contributed by atoms with Crippen LogP contribution >= 0.6 is 11.3 Å². The highest BCUT2D eigenvalue weighted by atomic mass is 32.2. The number of hydrogen-bond acceptors (Lipinski definition) is 4. The highest BCUT2D eigenvalue weighted by Gasteiger charge is 2.26. The van der Waals surface area contributed by atoms with Gasteiger partial charge in [-0.05, 0) is 31.2 Å². The van der Waals surface area contributed by atoms with Gasteiger partial charge in [0.1, 0.15) is 4.21 Å². The van der Waals surface area contributed by atoms with E-state index in [1.165, 1.54) is 6.07 Å². The van der Waals surface area contributed by atoms with Crippen LogP contribution in [0.15, 0.2) is 21.7 Å². The van der Waals surface area contributed by atoms with E-state index in [0.717, 1.165) is 50.1 Å². The average molecular weight is 316 g/mol. The normalized spacial score (nSPS) is 18.6. The molecule has 0 aromatic carbocycles. The Labute approximate surface area is 124 Å². The topological polar surface area (TPSA) is 66.5 Å². The Hall–Kier alpha value is -0.920. The minimum Gasteiger partial charge on any atom is -0.341 e. The van der Waals surface area contributed by atoms with Crippen molar-refractivity contribution in [2.75, 3.05) is 13.1 Å². The quantitative estimate of drug-likeness (QED) is 0.921. The van der Waals surface area contributed by atoms with Crippen LogP contribution in [0.2, 0.25) is 0 Å². The highest BCUT2D eigenvalue weighted by Crippen LogP contribution is 2.16. The van der Waals surface area contributed by atoms with Crippen molar-refractivity contribution in [3.63, 3.8) is 0 Å². The van der Waals surface area contributed by atoms with Crippen molar-refractivity contribution in [1.29, 1.82) is 0 Å². The molecule has 0 aliphatic carbocycles. The smallest absolute Gasteiger partial charge is 0.250 e. The maximum Gasteiger partial charge on any atom is 0.250 e. The van der Waals surface area contributed by atoms with Crippen LogP contribution in [0, 0.1) is 0 Å². The molecule has 1 amide bonds. The van der Waals surface area contributed by atoms with Crippen LogP contribution < -0.4 is 4.72 Å². The van der Waals surface area contributed by atoms with E-state index >= 15 is 0 Å². The van der Waals surface area contributed by atoms with Crippen LogP contribution in [-0.4, -0.2) is 38.4 Å². The van der Waals surface area contributed by atoms with Crippen molar-refractivity contribution in [2.45, 2.75) is 42.9 Å². The zero-order chi connectivity index (χ0) is 14.6. The molecule has 2 heterocycles. The minimum absolute atomic E-state index is 0.132. The molecular formula is C13H20N2O3S2. The molecule has 5 nitrogen and oxygen atoms in total. The number of sulfonamides is 1. The molecular weight excluding hydrogens is 296 g/mol. The number of likely N-dealkylation sites (tertiary alicyclic amines) is 1. The summed E-state index contributed by atoms with van der Waals surface area (Å²) in [5.74, 6) is -0.132. The summed E-state index contributed by atoms with van der Waals surface area (Å²) in [6, 6.07) is 2.50. The molecule has 1 unspecified atom stereocenters. The summed E-state index contributed by atoms with van der Waals surface area (Å²) in [5.41, 5.74) is 0. The van der Waals surface area contributed by atoms with Crippen molar-refractivity contribution in [3.05, 3.63) is 17.5 Å². The molecule has 1 aromatic heterocycles. The maximum atomic E-state index is 12.3. The van der Waals surface area contributed by atoms with Crippen LogP contribution in [0.25, 0.3) is 0 Å². The Morgan fingerprint density at radius 1 is 1.30 bits per heavy atom. The summed E-state index contributed by atoms with van der Waals surface area (Å²) in [7, 11) is -3.59. The van der Waals surface area contributed by atoms with Gasteiger partial charge in [-0.3, -0.25) is 4.79 Å². The molecule has 1 fully saturated rings. The molecule has 1 aromatic rings. The molecule has 1 saturated heterocycles. The van der Waals surface area contributed by atoms with Gasteiger partial charge in [-0.2, -0.15) is 4.72 Å². The monoisotopic (exact) mass is 316 g/mol. The van der Waals surface area contributed by atoms with Gasteiger partial charge in [0.25, 0.3) is 10.0 Å². The van der Waals surface area contributed by atoms with Gasteiger partial charge >= 0.3 is 0 Å². The Kier molecular flexibility index (Phi) is 5.17. The minimum atomic E-state index is -3.59. The van der Waals surface area contributed by atoms with Gasteiger partial charge in [0.05, 0.1) is 6.04 Å². The Balaban J connectivity index is 2.00. The van der Waals surface area contributed by atoms with Crippen molar-refractivity contribution >= 4 is 27.3 Å². The average Bonchev–Trinajstić information content (AvgIpc) is 2.82. The molecule has 1 N–H and O–H groups in total. The Morgan fingerprint density at radius 3 is 2.50 bits per heavy atom.